The molecule has 0 aromatic heterocycles. The molecule has 0 bridgehead atoms. The summed E-state index contributed by atoms with van der Waals surface area (Å²) < 4.78 is 1.14. The van der Waals surface area contributed by atoms with Gasteiger partial charge in [-0.1, -0.05) is 13.0 Å². The van der Waals surface area contributed by atoms with E-state index in [4.69, 9.17) is 0 Å². The molecule has 2 atom stereocenters. The van der Waals surface area contributed by atoms with Crippen molar-refractivity contribution in [3.8, 4) is 0 Å². The number of rotatable bonds is 0. The van der Waals surface area contributed by atoms with Gasteiger partial charge in [-0.15, -0.1) is 0 Å². The molecular formula is C9H18N+. The standard InChI is InChI=1S/C9H18N/c1-8-5-6-9(2)10(3,4)7-8/h5-6,8-9H,7H2,1-4H3/q+1/t8-,9+/m1/s1. The molecule has 0 N–H and O–H groups in total. The second kappa shape index (κ2) is 2.39. The van der Waals surface area contributed by atoms with Gasteiger partial charge in [0.15, 0.2) is 0 Å². The molecule has 0 amide bonds. The molecule has 0 aromatic rings. The molecule has 0 saturated heterocycles. The second-order valence-electron chi connectivity index (χ2n) is 4.06. The van der Waals surface area contributed by atoms with Gasteiger partial charge in [-0.05, 0) is 13.0 Å². The minimum atomic E-state index is 0.691. The average Bonchev–Trinajstić information content (AvgIpc) is 1.78. The lowest BCUT2D eigenvalue weighted by Crippen LogP contribution is -2.50. The Kier molecular flexibility index (Phi) is 1.86. The molecule has 0 spiro atoms. The summed E-state index contributed by atoms with van der Waals surface area (Å²) in [4.78, 5) is 0. The van der Waals surface area contributed by atoms with Crippen molar-refractivity contribution in [3.05, 3.63) is 12.2 Å². The maximum atomic E-state index is 2.33. The van der Waals surface area contributed by atoms with Gasteiger partial charge in [0.05, 0.1) is 20.6 Å². The predicted octanol–water partition coefficient (Wildman–Crippen LogP) is 1.66. The number of quaternary nitrogens is 1. The SMILES string of the molecule is C[C@@H]1C=C[C@H](C)[N+](C)(C)C1. The van der Waals surface area contributed by atoms with Gasteiger partial charge in [0, 0.05) is 5.92 Å². The van der Waals surface area contributed by atoms with Crippen LogP contribution in [0, 0.1) is 5.92 Å². The number of nitrogens with zero attached hydrogens (tertiary/aromatic N) is 1. The third-order valence-electron chi connectivity index (χ3n) is 2.58. The van der Waals surface area contributed by atoms with Gasteiger partial charge in [0.2, 0.25) is 0 Å². The molecule has 1 heteroatoms. The highest BCUT2D eigenvalue weighted by atomic mass is 15.3. The average molecular weight is 140 g/mol. The molecule has 0 fully saturated rings. The zero-order valence-electron chi connectivity index (χ0n) is 7.46. The molecule has 0 aromatic carbocycles. The second-order valence-corrected chi connectivity index (χ2v) is 4.06. The molecule has 0 unspecified atom stereocenters. The highest BCUT2D eigenvalue weighted by molar-refractivity contribution is 4.94. The highest BCUT2D eigenvalue weighted by Crippen LogP contribution is 2.18. The summed E-state index contributed by atoms with van der Waals surface area (Å²) in [6, 6.07) is 0.691. The molecule has 10 heavy (non-hydrogen) atoms. The lowest BCUT2D eigenvalue weighted by Gasteiger charge is -2.39. The van der Waals surface area contributed by atoms with Crippen LogP contribution in [0.4, 0.5) is 0 Å². The van der Waals surface area contributed by atoms with Crippen LogP contribution in [0.5, 0.6) is 0 Å². The molecule has 1 nitrogen and oxygen atoms in total. The Bertz CT molecular complexity index is 147. The molecular weight excluding hydrogens is 122 g/mol. The quantitative estimate of drug-likeness (QED) is 0.354. The van der Waals surface area contributed by atoms with Crippen LogP contribution in [0.25, 0.3) is 0 Å². The van der Waals surface area contributed by atoms with Gasteiger partial charge >= 0.3 is 0 Å². The summed E-state index contributed by atoms with van der Waals surface area (Å²) in [6.45, 7) is 5.84. The maximum Gasteiger partial charge on any atom is 0.104 e. The van der Waals surface area contributed by atoms with Crippen LogP contribution >= 0.6 is 0 Å². The van der Waals surface area contributed by atoms with Crippen molar-refractivity contribution in [2.45, 2.75) is 19.9 Å². The first kappa shape index (κ1) is 7.80. The smallest absolute Gasteiger partial charge is 0.104 e. The van der Waals surface area contributed by atoms with E-state index in [1.807, 2.05) is 0 Å². The first-order chi connectivity index (χ1) is 4.52. The van der Waals surface area contributed by atoms with Crippen molar-refractivity contribution in [3.63, 3.8) is 0 Å². The van der Waals surface area contributed by atoms with Gasteiger partial charge in [-0.2, -0.15) is 0 Å². The third kappa shape index (κ3) is 1.40. The summed E-state index contributed by atoms with van der Waals surface area (Å²) in [5.41, 5.74) is 0. The first-order valence-electron chi connectivity index (χ1n) is 4.03. The van der Waals surface area contributed by atoms with Crippen molar-refractivity contribution in [1.29, 1.82) is 0 Å². The van der Waals surface area contributed by atoms with Crippen LogP contribution in [0.15, 0.2) is 12.2 Å². The zero-order chi connectivity index (χ0) is 7.78. The highest BCUT2D eigenvalue weighted by Gasteiger charge is 2.26. The van der Waals surface area contributed by atoms with Gasteiger partial charge < -0.3 is 4.48 Å². The van der Waals surface area contributed by atoms with E-state index in [0.717, 1.165) is 10.4 Å². The number of likely N-dealkylation sites (N-methyl/N-ethyl adjacent to an activating group) is 1. The summed E-state index contributed by atoms with van der Waals surface area (Å²) in [6.07, 6.45) is 4.66. The van der Waals surface area contributed by atoms with Crippen LogP contribution in [-0.4, -0.2) is 31.2 Å². The number of hydrogen-bond donors (Lipinski definition) is 0. The summed E-state index contributed by atoms with van der Waals surface area (Å²) >= 11 is 0. The van der Waals surface area contributed by atoms with Gasteiger partial charge in [0.25, 0.3) is 0 Å². The van der Waals surface area contributed by atoms with Gasteiger partial charge in [-0.3, -0.25) is 0 Å². The van der Waals surface area contributed by atoms with Gasteiger partial charge in [-0.25, -0.2) is 0 Å². The maximum absolute atomic E-state index is 2.33. The van der Waals surface area contributed by atoms with E-state index in [2.05, 4.69) is 40.1 Å². The van der Waals surface area contributed by atoms with Crippen LogP contribution in [0.1, 0.15) is 13.8 Å². The van der Waals surface area contributed by atoms with Crippen LogP contribution in [0.3, 0.4) is 0 Å². The van der Waals surface area contributed by atoms with E-state index >= 15 is 0 Å². The Labute approximate surface area is 63.9 Å². The van der Waals surface area contributed by atoms with E-state index in [1.54, 1.807) is 0 Å². The molecule has 1 aliphatic rings. The van der Waals surface area contributed by atoms with E-state index in [-0.39, 0.29) is 0 Å². The van der Waals surface area contributed by atoms with Crippen molar-refractivity contribution in [2.75, 3.05) is 20.6 Å². The third-order valence-corrected chi connectivity index (χ3v) is 2.58. The van der Waals surface area contributed by atoms with Crippen LogP contribution in [-0.2, 0) is 0 Å². The van der Waals surface area contributed by atoms with Crippen LogP contribution < -0.4 is 0 Å². The zero-order valence-corrected chi connectivity index (χ0v) is 7.46. The van der Waals surface area contributed by atoms with E-state index in [9.17, 15) is 0 Å². The monoisotopic (exact) mass is 140 g/mol. The molecule has 1 aliphatic heterocycles. The Hall–Kier alpha value is -0.300. The lowest BCUT2D eigenvalue weighted by molar-refractivity contribution is -0.910. The minimum absolute atomic E-state index is 0.691. The predicted molar refractivity (Wildman–Crippen MR) is 44.7 cm³/mol. The molecule has 0 radical (unpaired) electrons. The first-order valence-corrected chi connectivity index (χ1v) is 4.03. The molecule has 1 rings (SSSR count). The summed E-state index contributed by atoms with van der Waals surface area (Å²) in [5.74, 6) is 0.756. The van der Waals surface area contributed by atoms with Crippen molar-refractivity contribution in [1.82, 2.24) is 0 Å². The Morgan fingerprint density at radius 1 is 1.20 bits per heavy atom. The summed E-state index contributed by atoms with van der Waals surface area (Å²) in [5, 5.41) is 0. The van der Waals surface area contributed by atoms with E-state index in [0.29, 0.717) is 6.04 Å². The fourth-order valence-electron chi connectivity index (χ4n) is 1.55. The van der Waals surface area contributed by atoms with Crippen molar-refractivity contribution < 1.29 is 4.48 Å². The minimum Gasteiger partial charge on any atom is -0.323 e. The fraction of sp³-hybridized carbons (Fsp3) is 0.778. The summed E-state index contributed by atoms with van der Waals surface area (Å²) in [7, 11) is 4.59. The normalized spacial score (nSPS) is 38.0. The van der Waals surface area contributed by atoms with Crippen molar-refractivity contribution in [2.24, 2.45) is 5.92 Å². The molecule has 0 saturated carbocycles. The Morgan fingerprint density at radius 2 is 1.80 bits per heavy atom. The van der Waals surface area contributed by atoms with E-state index < -0.39 is 0 Å². The topological polar surface area (TPSA) is 0 Å². The van der Waals surface area contributed by atoms with E-state index in [1.165, 1.54) is 6.54 Å². The number of hydrogen-bond acceptors (Lipinski definition) is 0. The largest absolute Gasteiger partial charge is 0.323 e. The fourth-order valence-corrected chi connectivity index (χ4v) is 1.55. The molecule has 0 aliphatic carbocycles. The van der Waals surface area contributed by atoms with Crippen molar-refractivity contribution >= 4 is 0 Å². The molecule has 1 heterocycles. The Balaban J connectivity index is 2.72. The van der Waals surface area contributed by atoms with Gasteiger partial charge in [0.1, 0.15) is 6.04 Å². The van der Waals surface area contributed by atoms with Crippen LogP contribution in [0.2, 0.25) is 0 Å². The lowest BCUT2D eigenvalue weighted by atomic mass is 10.0. The Morgan fingerprint density at radius 3 is 2.20 bits per heavy atom. The molecule has 58 valence electrons.